The molecule has 2 atom stereocenters. The number of methoxy groups -OCH3 is 1. The lowest BCUT2D eigenvalue weighted by molar-refractivity contribution is 0.0771. The molecule has 0 spiro atoms. The number of amides is 1. The molecule has 0 saturated heterocycles. The Bertz CT molecular complexity index is 1080. The summed E-state index contributed by atoms with van der Waals surface area (Å²) in [5.41, 5.74) is 3.62. The lowest BCUT2D eigenvalue weighted by atomic mass is 9.95. The highest BCUT2D eigenvalue weighted by atomic mass is 32.2. The molecule has 1 unspecified atom stereocenters. The molecule has 0 saturated carbocycles. The fourth-order valence-electron chi connectivity index (χ4n) is 3.75. The molecule has 0 heterocycles. The smallest absolute Gasteiger partial charge is 0.254 e. The summed E-state index contributed by atoms with van der Waals surface area (Å²) in [4.78, 5) is 15.7. The molecule has 1 N–H and O–H groups in total. The summed E-state index contributed by atoms with van der Waals surface area (Å²) in [5, 5.41) is 0. The molecular weight excluding hydrogens is 432 g/mol. The third-order valence-electron chi connectivity index (χ3n) is 5.70. The van der Waals surface area contributed by atoms with Crippen LogP contribution in [0.1, 0.15) is 46.9 Å². The van der Waals surface area contributed by atoms with E-state index >= 15 is 0 Å². The molecule has 0 aliphatic heterocycles. The van der Waals surface area contributed by atoms with Crippen LogP contribution >= 0.6 is 0 Å². The van der Waals surface area contributed by atoms with E-state index in [9.17, 15) is 9.00 Å². The van der Waals surface area contributed by atoms with Crippen LogP contribution in [0.25, 0.3) is 0 Å². The number of nitrogens with zero attached hydrogens (tertiary/aromatic N) is 1. The van der Waals surface area contributed by atoms with Gasteiger partial charge < -0.3 is 9.64 Å². The van der Waals surface area contributed by atoms with Gasteiger partial charge in [-0.25, -0.2) is 8.93 Å². The number of hydrogen-bond donors (Lipinski definition) is 1. The van der Waals surface area contributed by atoms with Gasteiger partial charge in [0, 0.05) is 24.7 Å². The summed E-state index contributed by atoms with van der Waals surface area (Å²) in [6.45, 7) is 7.23. The van der Waals surface area contributed by atoms with Crippen molar-refractivity contribution in [3.63, 3.8) is 0 Å². The summed E-state index contributed by atoms with van der Waals surface area (Å²) in [6.07, 6.45) is 0.487. The van der Waals surface area contributed by atoms with E-state index in [-0.39, 0.29) is 11.9 Å². The number of carbonyl (C=O) groups excluding carboxylic acids is 1. The van der Waals surface area contributed by atoms with Gasteiger partial charge in [-0.15, -0.1) is 0 Å². The molecular formula is C27H32N2O3S. The molecule has 0 aliphatic carbocycles. The Morgan fingerprint density at radius 1 is 1.00 bits per heavy atom. The molecule has 0 aromatic heterocycles. The Balaban J connectivity index is 1.97. The Morgan fingerprint density at radius 2 is 1.67 bits per heavy atom. The summed E-state index contributed by atoms with van der Waals surface area (Å²) in [5.74, 6) is 0.677. The number of hydrogen-bond acceptors (Lipinski definition) is 3. The standard InChI is InChI=1S/C27H32N2O3S/c1-5-29(6-2)27(30)25-17-14-23(32-4)18-22(25)19-26(21-10-8-7-9-11-21)28-33(31)24-15-12-20(3)13-16-24/h7-18,26,28H,5-6,19H2,1-4H3/t26-,33?/m0/s1. The van der Waals surface area contributed by atoms with Gasteiger partial charge in [-0.1, -0.05) is 48.0 Å². The largest absolute Gasteiger partial charge is 0.497 e. The van der Waals surface area contributed by atoms with E-state index in [1.165, 1.54) is 0 Å². The average molecular weight is 465 g/mol. The van der Waals surface area contributed by atoms with Crippen molar-refractivity contribution in [1.29, 1.82) is 0 Å². The molecule has 0 aliphatic rings. The molecule has 0 fully saturated rings. The number of benzene rings is 3. The molecule has 1 amide bonds. The van der Waals surface area contributed by atoms with Crippen molar-refractivity contribution in [3.05, 3.63) is 95.1 Å². The van der Waals surface area contributed by atoms with Gasteiger partial charge in [0.1, 0.15) is 16.7 Å². The highest BCUT2D eigenvalue weighted by Gasteiger charge is 2.22. The summed E-state index contributed by atoms with van der Waals surface area (Å²) in [7, 11) is 0.207. The minimum Gasteiger partial charge on any atom is -0.497 e. The maximum absolute atomic E-state index is 13.2. The zero-order valence-corrected chi connectivity index (χ0v) is 20.5. The van der Waals surface area contributed by atoms with Crippen LogP contribution in [-0.4, -0.2) is 35.2 Å². The number of nitrogens with one attached hydrogen (secondary N) is 1. The van der Waals surface area contributed by atoms with Crippen molar-refractivity contribution in [2.45, 2.75) is 38.1 Å². The van der Waals surface area contributed by atoms with Crippen LogP contribution in [0.5, 0.6) is 5.75 Å². The van der Waals surface area contributed by atoms with Gasteiger partial charge in [0.05, 0.1) is 12.0 Å². The Hall–Kier alpha value is -2.96. The molecule has 33 heavy (non-hydrogen) atoms. The van der Waals surface area contributed by atoms with E-state index in [0.717, 1.165) is 16.7 Å². The highest BCUT2D eigenvalue weighted by Crippen LogP contribution is 2.26. The minimum absolute atomic E-state index is 0.0101. The van der Waals surface area contributed by atoms with Crippen LogP contribution in [-0.2, 0) is 17.4 Å². The lowest BCUT2D eigenvalue weighted by Crippen LogP contribution is -2.32. The van der Waals surface area contributed by atoms with Crippen LogP contribution in [0, 0.1) is 6.92 Å². The molecule has 0 bridgehead atoms. The fourth-order valence-corrected chi connectivity index (χ4v) is 4.74. The number of ether oxygens (including phenoxy) is 1. The molecule has 3 aromatic rings. The first-order chi connectivity index (χ1) is 16.0. The number of rotatable bonds is 10. The molecule has 0 radical (unpaired) electrons. The van der Waals surface area contributed by atoms with E-state index in [1.807, 2.05) is 93.6 Å². The molecule has 6 heteroatoms. The van der Waals surface area contributed by atoms with Crippen molar-refractivity contribution in [2.75, 3.05) is 20.2 Å². The third kappa shape index (κ3) is 6.30. The Kier molecular flexibility index (Phi) is 8.80. The third-order valence-corrected chi connectivity index (χ3v) is 6.90. The van der Waals surface area contributed by atoms with Crippen molar-refractivity contribution < 1.29 is 13.7 Å². The Morgan fingerprint density at radius 3 is 2.27 bits per heavy atom. The lowest BCUT2D eigenvalue weighted by Gasteiger charge is -2.24. The van der Waals surface area contributed by atoms with E-state index < -0.39 is 11.0 Å². The summed E-state index contributed by atoms with van der Waals surface area (Å²) in [6, 6.07) is 22.9. The second-order valence-electron chi connectivity index (χ2n) is 7.87. The highest BCUT2D eigenvalue weighted by molar-refractivity contribution is 7.83. The molecule has 5 nitrogen and oxygen atoms in total. The first kappa shape index (κ1) is 24.7. The normalized spacial score (nSPS) is 12.7. The van der Waals surface area contributed by atoms with Gasteiger partial charge in [0.25, 0.3) is 5.91 Å². The fraction of sp³-hybridized carbons (Fsp3) is 0.296. The van der Waals surface area contributed by atoms with Crippen molar-refractivity contribution in [1.82, 2.24) is 9.62 Å². The van der Waals surface area contributed by atoms with Crippen LogP contribution in [0.15, 0.2) is 77.7 Å². The number of aryl methyl sites for hydroxylation is 1. The van der Waals surface area contributed by atoms with Gasteiger partial charge in [-0.3, -0.25) is 4.79 Å². The second-order valence-corrected chi connectivity index (χ2v) is 9.11. The average Bonchev–Trinajstić information content (AvgIpc) is 2.85. The quantitative estimate of drug-likeness (QED) is 0.455. The van der Waals surface area contributed by atoms with Gasteiger partial charge in [-0.2, -0.15) is 0 Å². The number of carbonyl (C=O) groups is 1. The summed E-state index contributed by atoms with van der Waals surface area (Å²) < 4.78 is 21.9. The Labute approximate surface area is 199 Å². The van der Waals surface area contributed by atoms with Crippen LogP contribution in [0.4, 0.5) is 0 Å². The minimum atomic E-state index is -1.41. The van der Waals surface area contributed by atoms with Crippen molar-refractivity contribution >= 4 is 16.9 Å². The molecule has 174 valence electrons. The van der Waals surface area contributed by atoms with E-state index in [0.29, 0.717) is 35.7 Å². The van der Waals surface area contributed by atoms with Crippen molar-refractivity contribution in [3.8, 4) is 5.75 Å². The van der Waals surface area contributed by atoms with Crippen molar-refractivity contribution in [2.24, 2.45) is 0 Å². The van der Waals surface area contributed by atoms with Crippen LogP contribution in [0.3, 0.4) is 0 Å². The van der Waals surface area contributed by atoms with Gasteiger partial charge in [0.2, 0.25) is 0 Å². The maximum atomic E-state index is 13.2. The molecule has 3 rings (SSSR count). The predicted octanol–water partition coefficient (Wildman–Crippen LogP) is 5.08. The maximum Gasteiger partial charge on any atom is 0.254 e. The second kappa shape index (κ2) is 11.8. The van der Waals surface area contributed by atoms with E-state index in [2.05, 4.69) is 4.72 Å². The zero-order valence-electron chi connectivity index (χ0n) is 19.7. The van der Waals surface area contributed by atoms with E-state index in [1.54, 1.807) is 12.0 Å². The predicted molar refractivity (Wildman–Crippen MR) is 134 cm³/mol. The summed E-state index contributed by atoms with van der Waals surface area (Å²) >= 11 is 0. The monoisotopic (exact) mass is 464 g/mol. The van der Waals surface area contributed by atoms with Gasteiger partial charge >= 0.3 is 0 Å². The van der Waals surface area contributed by atoms with E-state index in [4.69, 9.17) is 4.74 Å². The molecule has 3 aromatic carbocycles. The van der Waals surface area contributed by atoms with Gasteiger partial charge in [-0.05, 0) is 68.7 Å². The first-order valence-corrected chi connectivity index (χ1v) is 12.4. The topological polar surface area (TPSA) is 58.6 Å². The SMILES string of the molecule is CCN(CC)C(=O)c1ccc(OC)cc1C[C@H](NS(=O)c1ccc(C)cc1)c1ccccc1. The van der Waals surface area contributed by atoms with Gasteiger partial charge in [0.15, 0.2) is 0 Å². The zero-order chi connectivity index (χ0) is 23.8. The first-order valence-electron chi connectivity index (χ1n) is 11.2. The van der Waals surface area contributed by atoms with Crippen LogP contribution in [0.2, 0.25) is 0 Å². The van der Waals surface area contributed by atoms with Crippen LogP contribution < -0.4 is 9.46 Å².